The molecular weight excluding hydrogens is 320 g/mol. The number of hydrogen-bond acceptors (Lipinski definition) is 4. The number of aliphatic imine (C=N–C) groups is 1. The summed E-state index contributed by atoms with van der Waals surface area (Å²) in [5.41, 5.74) is 1.15. The molecule has 0 spiro atoms. The molecule has 0 atom stereocenters. The maximum Gasteiger partial charge on any atom is 0.191 e. The van der Waals surface area contributed by atoms with Crippen LogP contribution in [-0.2, 0) is 13.1 Å². The predicted octanol–water partition coefficient (Wildman–Crippen LogP) is 3.25. The molecule has 0 radical (unpaired) electrons. The number of nitrogens with zero attached hydrogens (tertiary/aromatic N) is 2. The first-order valence-corrected chi connectivity index (χ1v) is 9.16. The van der Waals surface area contributed by atoms with E-state index in [0.717, 1.165) is 35.1 Å². The molecule has 3 rings (SSSR count). The van der Waals surface area contributed by atoms with Gasteiger partial charge in [-0.05, 0) is 32.3 Å². The maximum absolute atomic E-state index is 6.07. The lowest BCUT2D eigenvalue weighted by molar-refractivity contribution is 0.119. The van der Waals surface area contributed by atoms with Crippen LogP contribution in [0.4, 0.5) is 0 Å². The van der Waals surface area contributed by atoms with Gasteiger partial charge >= 0.3 is 0 Å². The molecule has 1 saturated carbocycles. The van der Waals surface area contributed by atoms with E-state index in [-0.39, 0.29) is 0 Å². The molecular formula is C18H24N4OS. The second-order valence-electron chi connectivity index (χ2n) is 5.92. The van der Waals surface area contributed by atoms with Crippen LogP contribution in [0, 0.1) is 6.92 Å². The number of nitrogens with one attached hydrogen (secondary N) is 2. The van der Waals surface area contributed by atoms with E-state index in [9.17, 15) is 0 Å². The molecule has 2 aromatic rings. The predicted molar refractivity (Wildman–Crippen MR) is 98.6 cm³/mol. The smallest absolute Gasteiger partial charge is 0.191 e. The molecule has 1 aliphatic carbocycles. The molecule has 0 unspecified atom stereocenters. The summed E-state index contributed by atoms with van der Waals surface area (Å²) in [6.07, 6.45) is 5.89. The van der Waals surface area contributed by atoms with Gasteiger partial charge in [0.05, 0.1) is 12.6 Å². The Morgan fingerprint density at radius 3 is 2.75 bits per heavy atom. The number of rotatable bonds is 6. The van der Waals surface area contributed by atoms with E-state index in [1.54, 1.807) is 18.4 Å². The van der Waals surface area contributed by atoms with Crippen LogP contribution in [0.5, 0.6) is 5.75 Å². The molecule has 1 aromatic carbocycles. The fourth-order valence-electron chi connectivity index (χ4n) is 2.48. The average Bonchev–Trinajstić information content (AvgIpc) is 2.97. The highest BCUT2D eigenvalue weighted by Crippen LogP contribution is 2.27. The SMILES string of the molecule is CN=C(NCc1ncc(C)s1)NCc1ccccc1OC1CCC1. The van der Waals surface area contributed by atoms with Gasteiger partial charge in [-0.15, -0.1) is 11.3 Å². The third kappa shape index (κ3) is 4.47. The molecule has 2 N–H and O–H groups in total. The fraction of sp³-hybridized carbons (Fsp3) is 0.444. The van der Waals surface area contributed by atoms with Gasteiger partial charge in [0.15, 0.2) is 5.96 Å². The highest BCUT2D eigenvalue weighted by Gasteiger charge is 2.20. The molecule has 0 saturated heterocycles. The normalized spacial score (nSPS) is 15.0. The Morgan fingerprint density at radius 1 is 1.29 bits per heavy atom. The molecule has 1 heterocycles. The van der Waals surface area contributed by atoms with Crippen molar-refractivity contribution < 1.29 is 4.74 Å². The second-order valence-corrected chi connectivity index (χ2v) is 7.24. The van der Waals surface area contributed by atoms with Crippen molar-refractivity contribution in [3.05, 3.63) is 45.9 Å². The van der Waals surface area contributed by atoms with E-state index in [1.165, 1.54) is 11.3 Å². The number of thiazole rings is 1. The first-order chi connectivity index (χ1) is 11.7. The Labute approximate surface area is 147 Å². The third-order valence-electron chi connectivity index (χ3n) is 4.06. The van der Waals surface area contributed by atoms with Crippen molar-refractivity contribution in [2.24, 2.45) is 4.99 Å². The van der Waals surface area contributed by atoms with Crippen LogP contribution in [0.15, 0.2) is 35.5 Å². The molecule has 5 nitrogen and oxygen atoms in total. The van der Waals surface area contributed by atoms with Crippen LogP contribution in [-0.4, -0.2) is 24.1 Å². The van der Waals surface area contributed by atoms with Gasteiger partial charge in [0.25, 0.3) is 0 Å². The Bertz CT molecular complexity index is 694. The van der Waals surface area contributed by atoms with E-state index in [0.29, 0.717) is 19.2 Å². The number of para-hydroxylation sites is 1. The van der Waals surface area contributed by atoms with Crippen LogP contribution < -0.4 is 15.4 Å². The number of aromatic nitrogens is 1. The first kappa shape index (κ1) is 16.8. The number of guanidine groups is 1. The van der Waals surface area contributed by atoms with Crippen LogP contribution in [0.3, 0.4) is 0 Å². The topological polar surface area (TPSA) is 58.5 Å². The zero-order chi connectivity index (χ0) is 16.8. The molecule has 1 fully saturated rings. The zero-order valence-corrected chi connectivity index (χ0v) is 15.0. The van der Waals surface area contributed by atoms with Gasteiger partial charge in [-0.2, -0.15) is 0 Å². The van der Waals surface area contributed by atoms with Crippen molar-refractivity contribution in [1.29, 1.82) is 0 Å². The van der Waals surface area contributed by atoms with Crippen molar-refractivity contribution in [3.63, 3.8) is 0 Å². The van der Waals surface area contributed by atoms with Gasteiger partial charge in [0, 0.05) is 30.2 Å². The summed E-state index contributed by atoms with van der Waals surface area (Å²) >= 11 is 1.70. The Kier molecular flexibility index (Phi) is 5.69. The maximum atomic E-state index is 6.07. The molecule has 24 heavy (non-hydrogen) atoms. The summed E-state index contributed by atoms with van der Waals surface area (Å²) in [5, 5.41) is 7.71. The van der Waals surface area contributed by atoms with E-state index >= 15 is 0 Å². The van der Waals surface area contributed by atoms with Crippen LogP contribution in [0.2, 0.25) is 0 Å². The Hall–Kier alpha value is -2.08. The van der Waals surface area contributed by atoms with Crippen molar-refractivity contribution in [1.82, 2.24) is 15.6 Å². The average molecular weight is 344 g/mol. The van der Waals surface area contributed by atoms with Crippen LogP contribution in [0.1, 0.15) is 34.7 Å². The van der Waals surface area contributed by atoms with Crippen molar-refractivity contribution in [3.8, 4) is 5.75 Å². The molecule has 0 amide bonds. The number of hydrogen-bond donors (Lipinski definition) is 2. The van der Waals surface area contributed by atoms with Gasteiger partial charge in [-0.25, -0.2) is 4.98 Å². The Morgan fingerprint density at radius 2 is 2.08 bits per heavy atom. The number of ether oxygens (including phenoxy) is 1. The van der Waals surface area contributed by atoms with Crippen molar-refractivity contribution in [2.45, 2.75) is 45.4 Å². The molecule has 1 aliphatic rings. The van der Waals surface area contributed by atoms with E-state index < -0.39 is 0 Å². The van der Waals surface area contributed by atoms with Gasteiger partial charge in [0.1, 0.15) is 10.8 Å². The van der Waals surface area contributed by atoms with Gasteiger partial charge in [0.2, 0.25) is 0 Å². The van der Waals surface area contributed by atoms with Crippen molar-refractivity contribution >= 4 is 17.3 Å². The lowest BCUT2D eigenvalue weighted by Crippen LogP contribution is -2.36. The summed E-state index contributed by atoms with van der Waals surface area (Å²) < 4.78 is 6.07. The third-order valence-corrected chi connectivity index (χ3v) is 4.98. The summed E-state index contributed by atoms with van der Waals surface area (Å²) in [6.45, 7) is 3.42. The zero-order valence-electron chi connectivity index (χ0n) is 14.2. The van der Waals surface area contributed by atoms with Gasteiger partial charge in [-0.3, -0.25) is 4.99 Å². The molecule has 0 aliphatic heterocycles. The number of benzene rings is 1. The van der Waals surface area contributed by atoms with E-state index in [2.05, 4.69) is 33.6 Å². The van der Waals surface area contributed by atoms with E-state index in [4.69, 9.17) is 4.74 Å². The molecule has 6 heteroatoms. The molecule has 128 valence electrons. The second kappa shape index (κ2) is 8.15. The highest BCUT2D eigenvalue weighted by molar-refractivity contribution is 7.11. The summed E-state index contributed by atoms with van der Waals surface area (Å²) in [7, 11) is 1.78. The summed E-state index contributed by atoms with van der Waals surface area (Å²) in [6, 6.07) is 8.21. The summed E-state index contributed by atoms with van der Waals surface area (Å²) in [4.78, 5) is 9.85. The van der Waals surface area contributed by atoms with Crippen LogP contribution in [0.25, 0.3) is 0 Å². The monoisotopic (exact) mass is 344 g/mol. The minimum absolute atomic E-state index is 0.386. The van der Waals surface area contributed by atoms with Crippen molar-refractivity contribution in [2.75, 3.05) is 7.05 Å². The quantitative estimate of drug-likeness (QED) is 0.624. The van der Waals surface area contributed by atoms with Crippen LogP contribution >= 0.6 is 11.3 Å². The lowest BCUT2D eigenvalue weighted by Gasteiger charge is -2.27. The largest absolute Gasteiger partial charge is 0.490 e. The first-order valence-electron chi connectivity index (χ1n) is 8.35. The molecule has 0 bridgehead atoms. The minimum atomic E-state index is 0.386. The lowest BCUT2D eigenvalue weighted by atomic mass is 9.96. The summed E-state index contributed by atoms with van der Waals surface area (Å²) in [5.74, 6) is 1.74. The standard InChI is InChI=1S/C18H24N4OS/c1-13-10-20-17(24-13)12-22-18(19-2)21-11-14-6-3-4-9-16(14)23-15-7-5-8-15/h3-4,6,9-10,15H,5,7-8,11-12H2,1-2H3,(H2,19,21,22). The van der Waals surface area contributed by atoms with Gasteiger partial charge < -0.3 is 15.4 Å². The Balaban J connectivity index is 1.53. The fourth-order valence-corrected chi connectivity index (χ4v) is 3.20. The minimum Gasteiger partial charge on any atom is -0.490 e. The number of aryl methyl sites for hydroxylation is 1. The van der Waals surface area contributed by atoms with E-state index in [1.807, 2.05) is 24.4 Å². The molecule has 1 aromatic heterocycles. The van der Waals surface area contributed by atoms with Gasteiger partial charge in [-0.1, -0.05) is 18.2 Å². The highest BCUT2D eigenvalue weighted by atomic mass is 32.1.